The van der Waals surface area contributed by atoms with Crippen LogP contribution in [-0.4, -0.2) is 29.0 Å². The number of carbonyl (C=O) groups is 3. The number of benzene rings is 1. The molecule has 2 rings (SSSR count). The smallest absolute Gasteiger partial charge is 0.233 e. The quantitative estimate of drug-likeness (QED) is 0.615. The van der Waals surface area contributed by atoms with E-state index in [1.807, 2.05) is 0 Å². The van der Waals surface area contributed by atoms with Crippen LogP contribution in [0, 0.1) is 17.7 Å². The molecule has 4 nitrogen and oxygen atoms in total. The Bertz CT molecular complexity index is 535. The lowest BCUT2D eigenvalue weighted by Crippen LogP contribution is -2.36. The summed E-state index contributed by atoms with van der Waals surface area (Å²) < 4.78 is 13.5. The number of hydrogen-bond acceptors (Lipinski definition) is 3. The third-order valence-corrected chi connectivity index (χ3v) is 3.54. The maximum Gasteiger partial charge on any atom is 0.233 e. The van der Waals surface area contributed by atoms with Crippen LogP contribution in [0.15, 0.2) is 24.3 Å². The van der Waals surface area contributed by atoms with E-state index in [4.69, 9.17) is 0 Å². The summed E-state index contributed by atoms with van der Waals surface area (Å²) in [4.78, 5) is 36.5. The molecule has 2 atom stereocenters. The first-order chi connectivity index (χ1) is 8.93. The van der Waals surface area contributed by atoms with Gasteiger partial charge < -0.3 is 0 Å². The Morgan fingerprint density at radius 2 is 1.68 bits per heavy atom. The number of halogens is 1. The van der Waals surface area contributed by atoms with Crippen LogP contribution in [-0.2, 0) is 9.59 Å². The molecule has 1 fully saturated rings. The summed E-state index contributed by atoms with van der Waals surface area (Å²) in [6.07, 6.45) is 0. The van der Waals surface area contributed by atoms with Crippen LogP contribution in [0.2, 0.25) is 0 Å². The summed E-state index contributed by atoms with van der Waals surface area (Å²) in [6.45, 7) is 2.91. The van der Waals surface area contributed by atoms with E-state index in [1.165, 1.54) is 24.3 Å². The average molecular weight is 263 g/mol. The summed E-state index contributed by atoms with van der Waals surface area (Å²) in [5.41, 5.74) is -0.102. The third kappa shape index (κ3) is 2.28. The van der Waals surface area contributed by atoms with Crippen molar-refractivity contribution in [2.24, 2.45) is 11.8 Å². The van der Waals surface area contributed by atoms with Gasteiger partial charge in [0.05, 0.1) is 12.1 Å². The van der Waals surface area contributed by atoms with Gasteiger partial charge in [0.15, 0.2) is 5.78 Å². The Kier molecular flexibility index (Phi) is 3.46. The van der Waals surface area contributed by atoms with Crippen molar-refractivity contribution in [2.45, 2.75) is 13.8 Å². The van der Waals surface area contributed by atoms with E-state index in [0.717, 1.165) is 4.90 Å². The second-order valence-electron chi connectivity index (χ2n) is 4.74. The molecule has 1 saturated heterocycles. The van der Waals surface area contributed by atoms with E-state index in [9.17, 15) is 18.8 Å². The standard InChI is InChI=1S/C14H14FNO3/c1-8-9(2)14(19)16(13(8)18)7-12(17)10-5-3-4-6-11(10)15/h3-6,8-9H,7H2,1-2H3. The molecule has 1 aromatic rings. The van der Waals surface area contributed by atoms with Crippen LogP contribution in [0.5, 0.6) is 0 Å². The Morgan fingerprint density at radius 1 is 1.16 bits per heavy atom. The topological polar surface area (TPSA) is 54.5 Å². The minimum absolute atomic E-state index is 0.102. The van der Waals surface area contributed by atoms with Gasteiger partial charge in [0.1, 0.15) is 5.82 Å². The molecule has 100 valence electrons. The summed E-state index contributed by atoms with van der Waals surface area (Å²) in [5, 5.41) is 0. The molecule has 0 saturated carbocycles. The highest BCUT2D eigenvalue weighted by atomic mass is 19.1. The molecule has 1 aromatic carbocycles. The number of amides is 2. The van der Waals surface area contributed by atoms with Crippen molar-refractivity contribution in [1.82, 2.24) is 4.90 Å². The maximum atomic E-state index is 13.5. The van der Waals surface area contributed by atoms with Gasteiger partial charge in [-0.25, -0.2) is 4.39 Å². The summed E-state index contributed by atoms with van der Waals surface area (Å²) in [5.74, 6) is -2.82. The number of hydrogen-bond donors (Lipinski definition) is 0. The fourth-order valence-corrected chi connectivity index (χ4v) is 2.10. The highest BCUT2D eigenvalue weighted by molar-refractivity contribution is 6.09. The molecule has 2 unspecified atom stereocenters. The van der Waals surface area contributed by atoms with Gasteiger partial charge in [-0.2, -0.15) is 0 Å². The van der Waals surface area contributed by atoms with E-state index >= 15 is 0 Å². The van der Waals surface area contributed by atoms with Crippen molar-refractivity contribution in [3.05, 3.63) is 35.6 Å². The first-order valence-electron chi connectivity index (χ1n) is 6.06. The van der Waals surface area contributed by atoms with Crippen LogP contribution in [0.25, 0.3) is 0 Å². The largest absolute Gasteiger partial charge is 0.292 e. The summed E-state index contributed by atoms with van der Waals surface area (Å²) in [6, 6.07) is 5.53. The van der Waals surface area contributed by atoms with Gasteiger partial charge in [-0.15, -0.1) is 0 Å². The van der Waals surface area contributed by atoms with Crippen molar-refractivity contribution in [2.75, 3.05) is 6.54 Å². The van der Waals surface area contributed by atoms with Gasteiger partial charge in [-0.3, -0.25) is 19.3 Å². The predicted molar refractivity (Wildman–Crippen MR) is 65.8 cm³/mol. The number of Topliss-reactive ketones (excluding diaryl/α,β-unsaturated/α-hetero) is 1. The van der Waals surface area contributed by atoms with Crippen LogP contribution in [0.3, 0.4) is 0 Å². The molecular formula is C14H14FNO3. The second-order valence-corrected chi connectivity index (χ2v) is 4.74. The second kappa shape index (κ2) is 4.91. The molecule has 19 heavy (non-hydrogen) atoms. The number of ketones is 1. The van der Waals surface area contributed by atoms with Crippen LogP contribution < -0.4 is 0 Å². The molecule has 1 aliphatic rings. The van der Waals surface area contributed by atoms with E-state index < -0.39 is 30.0 Å². The Morgan fingerprint density at radius 3 is 2.21 bits per heavy atom. The first-order valence-corrected chi connectivity index (χ1v) is 6.06. The molecule has 0 N–H and O–H groups in total. The number of carbonyl (C=O) groups excluding carboxylic acids is 3. The fraction of sp³-hybridized carbons (Fsp3) is 0.357. The lowest BCUT2D eigenvalue weighted by atomic mass is 10.00. The molecule has 0 aliphatic carbocycles. The lowest BCUT2D eigenvalue weighted by Gasteiger charge is -2.13. The minimum atomic E-state index is -0.646. The molecule has 0 bridgehead atoms. The monoisotopic (exact) mass is 263 g/mol. The first kappa shape index (κ1) is 13.4. The predicted octanol–water partition coefficient (Wildman–Crippen LogP) is 1.65. The normalized spacial score (nSPS) is 23.0. The van der Waals surface area contributed by atoms with Gasteiger partial charge in [0.25, 0.3) is 0 Å². The van der Waals surface area contributed by atoms with E-state index in [1.54, 1.807) is 13.8 Å². The molecule has 1 heterocycles. The molecule has 2 amide bonds. The third-order valence-electron chi connectivity index (χ3n) is 3.54. The average Bonchev–Trinajstić information content (AvgIpc) is 2.57. The van der Waals surface area contributed by atoms with Crippen molar-refractivity contribution in [3.63, 3.8) is 0 Å². The minimum Gasteiger partial charge on any atom is -0.292 e. The number of rotatable bonds is 3. The summed E-state index contributed by atoms with van der Waals surface area (Å²) in [7, 11) is 0. The van der Waals surface area contributed by atoms with E-state index in [-0.39, 0.29) is 17.4 Å². The SMILES string of the molecule is CC1C(=O)N(CC(=O)c2ccccc2F)C(=O)C1C. The molecular weight excluding hydrogens is 249 g/mol. The van der Waals surface area contributed by atoms with E-state index in [2.05, 4.69) is 0 Å². The zero-order valence-corrected chi connectivity index (χ0v) is 10.7. The van der Waals surface area contributed by atoms with E-state index in [0.29, 0.717) is 0 Å². The molecule has 1 aliphatic heterocycles. The summed E-state index contributed by atoms with van der Waals surface area (Å²) >= 11 is 0. The Labute approximate surface area is 110 Å². The van der Waals surface area contributed by atoms with Gasteiger partial charge in [-0.05, 0) is 12.1 Å². The zero-order chi connectivity index (χ0) is 14.2. The number of imide groups is 1. The zero-order valence-electron chi connectivity index (χ0n) is 10.7. The van der Waals surface area contributed by atoms with Crippen LogP contribution >= 0.6 is 0 Å². The van der Waals surface area contributed by atoms with Crippen molar-refractivity contribution in [1.29, 1.82) is 0 Å². The lowest BCUT2D eigenvalue weighted by molar-refractivity contribution is -0.139. The highest BCUT2D eigenvalue weighted by Crippen LogP contribution is 2.25. The van der Waals surface area contributed by atoms with Gasteiger partial charge in [0.2, 0.25) is 11.8 Å². The fourth-order valence-electron chi connectivity index (χ4n) is 2.10. The molecule has 5 heteroatoms. The highest BCUT2D eigenvalue weighted by Gasteiger charge is 2.42. The maximum absolute atomic E-state index is 13.5. The van der Waals surface area contributed by atoms with Crippen LogP contribution in [0.1, 0.15) is 24.2 Å². The number of nitrogens with zero attached hydrogens (tertiary/aromatic N) is 1. The van der Waals surface area contributed by atoms with Gasteiger partial charge in [-0.1, -0.05) is 26.0 Å². The Hall–Kier alpha value is -2.04. The van der Waals surface area contributed by atoms with Crippen LogP contribution in [0.4, 0.5) is 4.39 Å². The molecule has 0 aromatic heterocycles. The van der Waals surface area contributed by atoms with Crippen molar-refractivity contribution >= 4 is 17.6 Å². The van der Waals surface area contributed by atoms with Crippen molar-refractivity contribution in [3.8, 4) is 0 Å². The molecule has 0 radical (unpaired) electrons. The van der Waals surface area contributed by atoms with Gasteiger partial charge >= 0.3 is 0 Å². The van der Waals surface area contributed by atoms with Crippen molar-refractivity contribution < 1.29 is 18.8 Å². The molecule has 0 spiro atoms. The number of likely N-dealkylation sites (tertiary alicyclic amines) is 1. The van der Waals surface area contributed by atoms with Gasteiger partial charge in [0, 0.05) is 11.8 Å². The Balaban J connectivity index is 2.19.